The fraction of sp³-hybridized carbons (Fsp3) is 0.345. The molecule has 204 valence electrons. The van der Waals surface area contributed by atoms with Crippen LogP contribution in [0.15, 0.2) is 71.1 Å². The van der Waals surface area contributed by atoms with E-state index in [4.69, 9.17) is 14.2 Å². The summed E-state index contributed by atoms with van der Waals surface area (Å²) in [5.41, 5.74) is 2.63. The molecule has 0 unspecified atom stereocenters. The number of hydrogen-bond acceptors (Lipinski definition) is 9. The van der Waals surface area contributed by atoms with Crippen molar-refractivity contribution in [2.24, 2.45) is 5.92 Å². The highest BCUT2D eigenvalue weighted by Gasteiger charge is 2.49. The van der Waals surface area contributed by atoms with Crippen molar-refractivity contribution in [3.63, 3.8) is 0 Å². The Morgan fingerprint density at radius 2 is 1.74 bits per heavy atom. The minimum absolute atomic E-state index is 0.0937. The highest BCUT2D eigenvalue weighted by atomic mass is 16.6. The van der Waals surface area contributed by atoms with Crippen LogP contribution in [0.4, 0.5) is 5.69 Å². The summed E-state index contributed by atoms with van der Waals surface area (Å²) in [6, 6.07) is 12.9. The van der Waals surface area contributed by atoms with E-state index in [1.807, 2.05) is 6.07 Å². The Labute approximate surface area is 225 Å². The van der Waals surface area contributed by atoms with Gasteiger partial charge in [0.15, 0.2) is 5.78 Å². The van der Waals surface area contributed by atoms with Crippen molar-refractivity contribution in [2.45, 2.75) is 39.0 Å². The number of esters is 2. The van der Waals surface area contributed by atoms with E-state index in [0.717, 1.165) is 5.56 Å². The molecule has 39 heavy (non-hydrogen) atoms. The number of Topliss-reactive ketones (excluding diaryl/α,β-unsaturated/α-hetero) is 1. The first-order valence-corrected chi connectivity index (χ1v) is 12.7. The summed E-state index contributed by atoms with van der Waals surface area (Å²) in [4.78, 5) is 51.5. The Morgan fingerprint density at radius 3 is 2.36 bits per heavy atom. The topological polar surface area (TPSA) is 134 Å². The number of hydrogen-bond donors (Lipinski definition) is 1. The molecule has 1 aliphatic carbocycles. The van der Waals surface area contributed by atoms with Gasteiger partial charge in [-0.05, 0) is 50.5 Å². The van der Waals surface area contributed by atoms with Crippen LogP contribution in [0.1, 0.15) is 50.2 Å². The van der Waals surface area contributed by atoms with E-state index in [9.17, 15) is 24.5 Å². The number of rotatable bonds is 8. The highest BCUT2D eigenvalue weighted by molar-refractivity contribution is 6.13. The Morgan fingerprint density at radius 1 is 1.05 bits per heavy atom. The molecule has 2 aromatic rings. The summed E-state index contributed by atoms with van der Waals surface area (Å²) in [5, 5.41) is 14.5. The molecular formula is C29H30N2O8. The Hall–Kier alpha value is -4.47. The number of nitrogens with one attached hydrogen (secondary N) is 1. The van der Waals surface area contributed by atoms with Crippen molar-refractivity contribution in [3.05, 3.63) is 92.3 Å². The lowest BCUT2D eigenvalue weighted by Crippen LogP contribution is -2.43. The van der Waals surface area contributed by atoms with Crippen LogP contribution < -0.4 is 10.1 Å². The summed E-state index contributed by atoms with van der Waals surface area (Å²) in [5.74, 6) is -3.78. The van der Waals surface area contributed by atoms with E-state index < -0.39 is 40.4 Å². The molecular weight excluding hydrogens is 504 g/mol. The first kappa shape index (κ1) is 27.6. The number of dihydropyridines is 1. The van der Waals surface area contributed by atoms with Crippen LogP contribution in [0, 0.1) is 16.0 Å². The molecule has 0 spiro atoms. The van der Waals surface area contributed by atoms with Gasteiger partial charge in [-0.2, -0.15) is 0 Å². The van der Waals surface area contributed by atoms with Crippen LogP contribution in [0.25, 0.3) is 0 Å². The number of carbonyl (C=O) groups excluding carboxylic acids is 3. The zero-order chi connectivity index (χ0) is 28.3. The molecule has 0 amide bonds. The fourth-order valence-corrected chi connectivity index (χ4v) is 5.32. The highest BCUT2D eigenvalue weighted by Crippen LogP contribution is 2.48. The first-order valence-electron chi connectivity index (χ1n) is 12.7. The number of benzene rings is 2. The van der Waals surface area contributed by atoms with Crippen molar-refractivity contribution >= 4 is 23.4 Å². The predicted octanol–water partition coefficient (Wildman–Crippen LogP) is 4.32. The fourth-order valence-electron chi connectivity index (χ4n) is 5.32. The van der Waals surface area contributed by atoms with Gasteiger partial charge < -0.3 is 19.5 Å². The number of methoxy groups -OCH3 is 1. The molecule has 0 fully saturated rings. The molecule has 0 saturated carbocycles. The van der Waals surface area contributed by atoms with Crippen molar-refractivity contribution in [1.29, 1.82) is 0 Å². The summed E-state index contributed by atoms with van der Waals surface area (Å²) < 4.78 is 16.0. The largest absolute Gasteiger partial charge is 0.497 e. The van der Waals surface area contributed by atoms with Crippen LogP contribution in [0.3, 0.4) is 0 Å². The standard InChI is InChI=1S/C29H30N2O8/c1-5-38-28(33)23-16(3)30-22-15-21(18-8-7-9-20(14-18)37-4)25(29(34)39-6-2)27(32)26(22)24(23)17-10-12-19(13-11-17)31(35)36/h7-14,21,24-25,30H,5-6,15H2,1-4H3/t21-,24-,25-/m1/s1. The van der Waals surface area contributed by atoms with Gasteiger partial charge in [-0.15, -0.1) is 0 Å². The maximum atomic E-state index is 14.3. The molecule has 10 nitrogen and oxygen atoms in total. The zero-order valence-electron chi connectivity index (χ0n) is 22.2. The third-order valence-corrected chi connectivity index (χ3v) is 7.01. The second-order valence-electron chi connectivity index (χ2n) is 9.24. The van der Waals surface area contributed by atoms with Gasteiger partial charge in [0.1, 0.15) is 11.7 Å². The van der Waals surface area contributed by atoms with Gasteiger partial charge in [0.2, 0.25) is 0 Å². The number of nitrogens with zero attached hydrogens (tertiary/aromatic N) is 1. The smallest absolute Gasteiger partial charge is 0.336 e. The molecule has 0 aromatic heterocycles. The van der Waals surface area contributed by atoms with E-state index in [0.29, 0.717) is 22.7 Å². The third-order valence-electron chi connectivity index (χ3n) is 7.01. The van der Waals surface area contributed by atoms with E-state index >= 15 is 0 Å². The summed E-state index contributed by atoms with van der Waals surface area (Å²) in [7, 11) is 1.54. The van der Waals surface area contributed by atoms with E-state index in [-0.39, 0.29) is 36.5 Å². The summed E-state index contributed by atoms with van der Waals surface area (Å²) in [6.45, 7) is 5.28. The minimum atomic E-state index is -1.17. The maximum absolute atomic E-state index is 14.3. The number of carbonyl (C=O) groups is 3. The number of ether oxygens (including phenoxy) is 3. The van der Waals surface area contributed by atoms with E-state index in [1.165, 1.54) is 31.4 Å². The molecule has 1 heterocycles. The second-order valence-corrected chi connectivity index (χ2v) is 9.24. The Balaban J connectivity index is 1.90. The summed E-state index contributed by atoms with van der Waals surface area (Å²) in [6.07, 6.45) is 0.286. The van der Waals surface area contributed by atoms with Crippen molar-refractivity contribution < 1.29 is 33.5 Å². The second kappa shape index (κ2) is 11.5. The minimum Gasteiger partial charge on any atom is -0.497 e. The lowest BCUT2D eigenvalue weighted by Gasteiger charge is -2.39. The zero-order valence-corrected chi connectivity index (χ0v) is 22.2. The van der Waals surface area contributed by atoms with Crippen LogP contribution >= 0.6 is 0 Å². The molecule has 10 heteroatoms. The van der Waals surface area contributed by atoms with Crippen LogP contribution in [0.5, 0.6) is 5.75 Å². The van der Waals surface area contributed by atoms with Gasteiger partial charge in [0.25, 0.3) is 5.69 Å². The number of allylic oxidation sites excluding steroid dienone is 3. The third kappa shape index (κ3) is 5.27. The Bertz CT molecular complexity index is 1380. The molecule has 0 saturated heterocycles. The van der Waals surface area contributed by atoms with Gasteiger partial charge >= 0.3 is 11.9 Å². The average Bonchev–Trinajstić information content (AvgIpc) is 2.92. The van der Waals surface area contributed by atoms with Crippen molar-refractivity contribution in [3.8, 4) is 5.75 Å². The molecule has 0 radical (unpaired) electrons. The predicted molar refractivity (Wildman–Crippen MR) is 141 cm³/mol. The van der Waals surface area contributed by atoms with Crippen LogP contribution in [-0.4, -0.2) is 43.0 Å². The van der Waals surface area contributed by atoms with Gasteiger partial charge in [-0.25, -0.2) is 4.79 Å². The average molecular weight is 535 g/mol. The van der Waals surface area contributed by atoms with Crippen molar-refractivity contribution in [1.82, 2.24) is 5.32 Å². The maximum Gasteiger partial charge on any atom is 0.336 e. The molecule has 3 atom stereocenters. The molecule has 0 bridgehead atoms. The van der Waals surface area contributed by atoms with Gasteiger partial charge in [0, 0.05) is 40.9 Å². The van der Waals surface area contributed by atoms with Gasteiger partial charge in [-0.3, -0.25) is 19.7 Å². The van der Waals surface area contributed by atoms with Gasteiger partial charge in [-0.1, -0.05) is 24.3 Å². The monoisotopic (exact) mass is 534 g/mol. The van der Waals surface area contributed by atoms with Crippen LogP contribution in [-0.2, 0) is 23.9 Å². The van der Waals surface area contributed by atoms with Gasteiger partial charge in [0.05, 0.1) is 30.8 Å². The Kier molecular flexibility index (Phi) is 8.13. The number of ketones is 1. The number of non-ortho nitro benzene ring substituents is 1. The molecule has 4 rings (SSSR count). The summed E-state index contributed by atoms with van der Waals surface area (Å²) >= 11 is 0. The number of nitro benzene ring substituents is 1. The molecule has 2 aromatic carbocycles. The van der Waals surface area contributed by atoms with E-state index in [1.54, 1.807) is 39.0 Å². The quantitative estimate of drug-likeness (QED) is 0.227. The lowest BCUT2D eigenvalue weighted by atomic mass is 9.67. The van der Waals surface area contributed by atoms with Crippen LogP contribution in [0.2, 0.25) is 0 Å². The molecule has 1 aliphatic heterocycles. The van der Waals surface area contributed by atoms with Crippen molar-refractivity contribution in [2.75, 3.05) is 20.3 Å². The normalized spacial score (nSPS) is 20.6. The molecule has 2 aliphatic rings. The lowest BCUT2D eigenvalue weighted by molar-refractivity contribution is -0.384. The number of nitro groups is 1. The van der Waals surface area contributed by atoms with E-state index in [2.05, 4.69) is 5.32 Å². The SMILES string of the molecule is CCOC(=O)C1=C(C)NC2=C(C(=O)[C@H](C(=O)OCC)[C@@H](c3cccc(OC)c3)C2)[C@@H]1c1ccc([N+](=O)[O-])cc1. The first-order chi connectivity index (χ1) is 18.7. The molecule has 1 N–H and O–H groups in total.